The first-order chi connectivity index (χ1) is 17.6. The number of carboxylic acid groups (broad SMARTS) is 1. The number of ether oxygens (including phenoxy) is 3. The van der Waals surface area contributed by atoms with Gasteiger partial charge in [-0.1, -0.05) is 45.0 Å². The highest BCUT2D eigenvalue weighted by Gasteiger charge is 2.36. The molecule has 3 aliphatic rings. The van der Waals surface area contributed by atoms with Crippen LogP contribution in [0.4, 0.5) is 4.79 Å². The number of benzene rings is 1. The van der Waals surface area contributed by atoms with E-state index in [9.17, 15) is 14.7 Å². The Morgan fingerprint density at radius 2 is 2.03 bits per heavy atom. The largest absolute Gasteiger partial charge is 0.476 e. The molecule has 3 aliphatic heterocycles. The minimum Gasteiger partial charge on any atom is -0.476 e. The van der Waals surface area contributed by atoms with E-state index in [-0.39, 0.29) is 23.0 Å². The van der Waals surface area contributed by atoms with E-state index in [1.807, 2.05) is 13.0 Å². The Bertz CT molecular complexity index is 1280. The van der Waals surface area contributed by atoms with Crippen molar-refractivity contribution in [1.82, 2.24) is 9.47 Å². The molecule has 1 fully saturated rings. The molecule has 198 valence electrons. The first-order valence-electron chi connectivity index (χ1n) is 13.0. The van der Waals surface area contributed by atoms with Crippen LogP contribution in [-0.2, 0) is 22.4 Å². The third kappa shape index (κ3) is 5.05. The summed E-state index contributed by atoms with van der Waals surface area (Å²) >= 11 is 0. The third-order valence-electron chi connectivity index (χ3n) is 7.72. The number of nitrogens with zero attached hydrogens (tertiary/aromatic N) is 2. The molecule has 4 heterocycles. The molecule has 1 amide bonds. The van der Waals surface area contributed by atoms with Crippen LogP contribution in [0.5, 0.6) is 5.88 Å². The predicted octanol–water partition coefficient (Wildman–Crippen LogP) is 4.36. The van der Waals surface area contributed by atoms with Crippen LogP contribution >= 0.6 is 0 Å². The zero-order valence-corrected chi connectivity index (χ0v) is 22.1. The number of carbonyl (C=O) groups is 1. The lowest BCUT2D eigenvalue weighted by Crippen LogP contribution is -2.48. The van der Waals surface area contributed by atoms with Crippen LogP contribution in [0, 0.1) is 12.3 Å². The molecule has 0 spiro atoms. The molecule has 5 rings (SSSR count). The fraction of sp³-hybridized carbons (Fsp3) is 0.517. The molecule has 1 aromatic carbocycles. The fourth-order valence-corrected chi connectivity index (χ4v) is 5.65. The number of rotatable bonds is 4. The number of aromatic nitrogens is 1. The van der Waals surface area contributed by atoms with Crippen LogP contribution in [-0.4, -0.2) is 65.8 Å². The second-order valence-corrected chi connectivity index (χ2v) is 11.2. The topological polar surface area (TPSA) is 90.2 Å². The van der Waals surface area contributed by atoms with Gasteiger partial charge in [-0.05, 0) is 41.9 Å². The maximum Gasteiger partial charge on any atom is 0.407 e. The van der Waals surface area contributed by atoms with Crippen LogP contribution in [0.25, 0.3) is 16.8 Å². The van der Waals surface area contributed by atoms with Gasteiger partial charge in [0, 0.05) is 36.3 Å². The molecule has 1 unspecified atom stereocenters. The van der Waals surface area contributed by atoms with Gasteiger partial charge >= 0.3 is 6.09 Å². The summed E-state index contributed by atoms with van der Waals surface area (Å²) in [6.07, 6.45) is 2.51. The van der Waals surface area contributed by atoms with Gasteiger partial charge in [-0.2, -0.15) is 0 Å². The Balaban J connectivity index is 1.45. The Labute approximate surface area is 217 Å². The first kappa shape index (κ1) is 25.5. The summed E-state index contributed by atoms with van der Waals surface area (Å²) in [6, 6.07) is 7.89. The summed E-state index contributed by atoms with van der Waals surface area (Å²) in [6.45, 7) is 11.2. The van der Waals surface area contributed by atoms with Gasteiger partial charge in [-0.25, -0.2) is 4.79 Å². The van der Waals surface area contributed by atoms with E-state index in [0.717, 1.165) is 23.2 Å². The summed E-state index contributed by atoms with van der Waals surface area (Å²) < 4.78 is 19.3. The average Bonchev–Trinajstić information content (AvgIpc) is 2.88. The molecule has 0 saturated carbocycles. The molecule has 0 aliphatic carbocycles. The maximum absolute atomic E-state index is 12.9. The van der Waals surface area contributed by atoms with Gasteiger partial charge in [-0.3, -0.25) is 4.79 Å². The Hall–Kier alpha value is -3.10. The highest BCUT2D eigenvalue weighted by Crippen LogP contribution is 2.39. The van der Waals surface area contributed by atoms with Crippen molar-refractivity contribution in [2.75, 3.05) is 33.0 Å². The van der Waals surface area contributed by atoms with Gasteiger partial charge in [0.2, 0.25) is 0 Å². The van der Waals surface area contributed by atoms with Crippen molar-refractivity contribution < 1.29 is 24.1 Å². The number of pyridine rings is 1. The molecule has 0 radical (unpaired) electrons. The standard InChI is InChI=1S/C29H36N2O6/c1-18-24(32)15-26(37-17-22-16-35-11-12-36-22)31-10-8-21-13-19(5-6-23(21)27(18)31)20-7-9-30(28(33)34)25(14-20)29(2,3)4/h5-7,13,15,22,25H,8-12,14,16-17H2,1-4H3,(H,33,34)/t22-,25?/m0/s1. The number of aryl methyl sites for hydroxylation is 1. The average molecular weight is 509 g/mol. The van der Waals surface area contributed by atoms with E-state index in [1.54, 1.807) is 11.0 Å². The van der Waals surface area contributed by atoms with E-state index in [2.05, 4.69) is 43.5 Å². The van der Waals surface area contributed by atoms with Gasteiger partial charge in [0.05, 0.1) is 25.5 Å². The van der Waals surface area contributed by atoms with E-state index in [0.29, 0.717) is 57.4 Å². The van der Waals surface area contributed by atoms with Gasteiger partial charge < -0.3 is 28.8 Å². The summed E-state index contributed by atoms with van der Waals surface area (Å²) in [5.74, 6) is 0.561. The monoisotopic (exact) mass is 508 g/mol. The second-order valence-electron chi connectivity index (χ2n) is 11.2. The van der Waals surface area contributed by atoms with Crippen LogP contribution in [0.2, 0.25) is 0 Å². The fourth-order valence-electron chi connectivity index (χ4n) is 5.65. The summed E-state index contributed by atoms with van der Waals surface area (Å²) in [7, 11) is 0. The van der Waals surface area contributed by atoms with E-state index in [1.165, 1.54) is 11.1 Å². The quantitative estimate of drug-likeness (QED) is 0.660. The molecule has 1 N–H and O–H groups in total. The Morgan fingerprint density at radius 3 is 2.73 bits per heavy atom. The zero-order chi connectivity index (χ0) is 26.3. The lowest BCUT2D eigenvalue weighted by Gasteiger charge is -2.41. The Kier molecular flexibility index (Phi) is 6.89. The van der Waals surface area contributed by atoms with Crippen LogP contribution in [0.15, 0.2) is 35.1 Å². The van der Waals surface area contributed by atoms with Crippen molar-refractivity contribution in [3.63, 3.8) is 0 Å². The molecule has 37 heavy (non-hydrogen) atoms. The molecule has 1 aromatic heterocycles. The minimum atomic E-state index is -0.876. The lowest BCUT2D eigenvalue weighted by atomic mass is 9.78. The van der Waals surface area contributed by atoms with Crippen molar-refractivity contribution in [3.05, 3.63) is 57.3 Å². The molecular weight excluding hydrogens is 472 g/mol. The van der Waals surface area contributed by atoms with Gasteiger partial charge in [0.25, 0.3) is 0 Å². The van der Waals surface area contributed by atoms with E-state index in [4.69, 9.17) is 14.2 Å². The molecule has 1 saturated heterocycles. The highest BCUT2D eigenvalue weighted by molar-refractivity contribution is 5.76. The van der Waals surface area contributed by atoms with Crippen LogP contribution in [0.1, 0.15) is 43.9 Å². The van der Waals surface area contributed by atoms with Crippen molar-refractivity contribution in [3.8, 4) is 17.1 Å². The predicted molar refractivity (Wildman–Crippen MR) is 141 cm³/mol. The molecule has 8 nitrogen and oxygen atoms in total. The molecule has 2 aromatic rings. The van der Waals surface area contributed by atoms with E-state index < -0.39 is 6.09 Å². The lowest BCUT2D eigenvalue weighted by molar-refractivity contribution is -0.102. The van der Waals surface area contributed by atoms with Crippen molar-refractivity contribution >= 4 is 11.7 Å². The zero-order valence-electron chi connectivity index (χ0n) is 22.1. The number of fused-ring (bicyclic) bond motifs is 3. The van der Waals surface area contributed by atoms with E-state index >= 15 is 0 Å². The van der Waals surface area contributed by atoms with Crippen LogP contribution < -0.4 is 10.2 Å². The van der Waals surface area contributed by atoms with Gasteiger partial charge in [0.15, 0.2) is 11.3 Å². The Morgan fingerprint density at radius 1 is 1.22 bits per heavy atom. The highest BCUT2D eigenvalue weighted by atomic mass is 16.6. The molecular formula is C29H36N2O6. The van der Waals surface area contributed by atoms with Crippen molar-refractivity contribution in [2.45, 2.75) is 59.2 Å². The summed E-state index contributed by atoms with van der Waals surface area (Å²) in [5.41, 5.74) is 5.92. The van der Waals surface area contributed by atoms with Gasteiger partial charge in [0.1, 0.15) is 12.7 Å². The summed E-state index contributed by atoms with van der Waals surface area (Å²) in [5, 5.41) is 9.71. The summed E-state index contributed by atoms with van der Waals surface area (Å²) in [4.78, 5) is 26.3. The SMILES string of the molecule is Cc1c2n(c(OC[C@@H]3COCCO3)cc1=O)CCc1cc(C3=CCN(C(=O)O)C(C(C)(C)C)C3)ccc1-2. The smallest absolute Gasteiger partial charge is 0.407 e. The van der Waals surface area contributed by atoms with Gasteiger partial charge in [-0.15, -0.1) is 0 Å². The van der Waals surface area contributed by atoms with Crippen molar-refractivity contribution in [1.29, 1.82) is 0 Å². The number of hydrogen-bond donors (Lipinski definition) is 1. The second kappa shape index (κ2) is 9.99. The third-order valence-corrected chi connectivity index (χ3v) is 7.72. The number of amides is 1. The molecule has 2 atom stereocenters. The maximum atomic E-state index is 12.9. The number of hydrogen-bond acceptors (Lipinski definition) is 5. The molecule has 0 bridgehead atoms. The molecule has 8 heteroatoms. The van der Waals surface area contributed by atoms with Crippen LogP contribution in [0.3, 0.4) is 0 Å². The first-order valence-corrected chi connectivity index (χ1v) is 13.0. The van der Waals surface area contributed by atoms with Crippen molar-refractivity contribution in [2.24, 2.45) is 5.41 Å². The minimum absolute atomic E-state index is 0.0456. The normalized spacial score (nSPS) is 21.6.